The molecular formula is C14H18ClN3O2. The molecule has 0 aliphatic carbocycles. The van der Waals surface area contributed by atoms with E-state index in [0.29, 0.717) is 10.8 Å². The lowest BCUT2D eigenvalue weighted by molar-refractivity contribution is -0.136. The third kappa shape index (κ3) is 3.49. The van der Waals surface area contributed by atoms with Crippen molar-refractivity contribution in [3.63, 3.8) is 0 Å². The highest BCUT2D eigenvalue weighted by atomic mass is 35.5. The first-order valence-electron chi connectivity index (χ1n) is 6.48. The van der Waals surface area contributed by atoms with Crippen LogP contribution in [0, 0.1) is 0 Å². The van der Waals surface area contributed by atoms with E-state index in [1.807, 2.05) is 24.7 Å². The number of aryl methyl sites for hydroxylation is 1. The van der Waals surface area contributed by atoms with Crippen molar-refractivity contribution in [1.29, 1.82) is 0 Å². The highest BCUT2D eigenvalue weighted by Gasteiger charge is 2.13. The van der Waals surface area contributed by atoms with E-state index in [1.165, 1.54) is 0 Å². The van der Waals surface area contributed by atoms with Gasteiger partial charge in [-0.1, -0.05) is 11.6 Å². The molecule has 2 rings (SSSR count). The van der Waals surface area contributed by atoms with Gasteiger partial charge in [0.25, 0.3) is 0 Å². The van der Waals surface area contributed by atoms with Gasteiger partial charge in [0.15, 0.2) is 0 Å². The molecule has 6 heteroatoms. The van der Waals surface area contributed by atoms with Gasteiger partial charge in [-0.25, -0.2) is 4.98 Å². The number of hydrogen-bond donors (Lipinski definition) is 1. The summed E-state index contributed by atoms with van der Waals surface area (Å²) in [7, 11) is 4.04. The van der Waals surface area contributed by atoms with Gasteiger partial charge in [-0.15, -0.1) is 0 Å². The zero-order valence-corrected chi connectivity index (χ0v) is 12.4. The minimum atomic E-state index is -0.875. The molecule has 1 N–H and O–H groups in total. The monoisotopic (exact) mass is 295 g/mol. The number of hydrogen-bond acceptors (Lipinski definition) is 3. The highest BCUT2D eigenvalue weighted by Crippen LogP contribution is 2.21. The third-order valence-electron chi connectivity index (χ3n) is 3.09. The van der Waals surface area contributed by atoms with Crippen molar-refractivity contribution in [3.8, 4) is 0 Å². The Balaban J connectivity index is 2.33. The molecule has 108 valence electrons. The lowest BCUT2D eigenvalue weighted by Crippen LogP contribution is -2.16. The van der Waals surface area contributed by atoms with Gasteiger partial charge in [0.2, 0.25) is 0 Å². The predicted molar refractivity (Wildman–Crippen MR) is 79.3 cm³/mol. The molecule has 5 nitrogen and oxygen atoms in total. The molecule has 0 saturated heterocycles. The Hall–Kier alpha value is -1.59. The summed E-state index contributed by atoms with van der Waals surface area (Å²) in [5, 5.41) is 9.61. The number of carbonyl (C=O) groups is 1. The molecule has 0 aliphatic rings. The Morgan fingerprint density at radius 2 is 2.20 bits per heavy atom. The summed E-state index contributed by atoms with van der Waals surface area (Å²) in [5.41, 5.74) is 1.68. The van der Waals surface area contributed by atoms with Crippen LogP contribution in [0.2, 0.25) is 5.02 Å². The van der Waals surface area contributed by atoms with Crippen molar-refractivity contribution < 1.29 is 9.90 Å². The third-order valence-corrected chi connectivity index (χ3v) is 3.32. The van der Waals surface area contributed by atoms with E-state index in [4.69, 9.17) is 16.7 Å². The second-order valence-electron chi connectivity index (χ2n) is 5.04. The van der Waals surface area contributed by atoms with Crippen molar-refractivity contribution in [1.82, 2.24) is 14.5 Å². The summed E-state index contributed by atoms with van der Waals surface area (Å²) in [4.78, 5) is 17.5. The summed E-state index contributed by atoms with van der Waals surface area (Å²) in [6.45, 7) is 1.69. The number of halogens is 1. The van der Waals surface area contributed by atoms with Crippen LogP contribution >= 0.6 is 11.6 Å². The van der Waals surface area contributed by atoms with Gasteiger partial charge in [-0.2, -0.15) is 0 Å². The second kappa shape index (κ2) is 6.24. The zero-order chi connectivity index (χ0) is 14.7. The number of carboxylic acids is 1. The first-order chi connectivity index (χ1) is 9.47. The molecule has 1 aromatic heterocycles. The van der Waals surface area contributed by atoms with Crippen LogP contribution in [0.25, 0.3) is 11.0 Å². The van der Waals surface area contributed by atoms with Crippen molar-refractivity contribution >= 4 is 28.6 Å². The molecule has 0 aliphatic heterocycles. The first-order valence-corrected chi connectivity index (χ1v) is 6.86. The zero-order valence-electron chi connectivity index (χ0n) is 11.6. The van der Waals surface area contributed by atoms with E-state index < -0.39 is 5.97 Å². The standard InChI is InChI=1S/C14H18ClN3O2/c1-17(2)6-3-7-18-12-5-4-10(15)8-11(12)16-13(18)9-14(19)20/h4-5,8H,3,6-7,9H2,1-2H3,(H,19,20). The van der Waals surface area contributed by atoms with E-state index in [-0.39, 0.29) is 6.42 Å². The average molecular weight is 296 g/mol. The molecule has 0 radical (unpaired) electrons. The Labute approximate surface area is 122 Å². The van der Waals surface area contributed by atoms with Crippen LogP contribution in [-0.4, -0.2) is 46.2 Å². The molecule has 0 amide bonds. The van der Waals surface area contributed by atoms with E-state index in [9.17, 15) is 4.79 Å². The van der Waals surface area contributed by atoms with E-state index >= 15 is 0 Å². The molecule has 1 aromatic carbocycles. The highest BCUT2D eigenvalue weighted by molar-refractivity contribution is 6.31. The molecule has 1 heterocycles. The Bertz CT molecular complexity index is 622. The van der Waals surface area contributed by atoms with Crippen molar-refractivity contribution in [2.45, 2.75) is 19.4 Å². The number of aliphatic carboxylic acids is 1. The number of rotatable bonds is 6. The fourth-order valence-corrected chi connectivity index (χ4v) is 2.38. The normalized spacial score (nSPS) is 11.4. The Morgan fingerprint density at radius 1 is 1.45 bits per heavy atom. The topological polar surface area (TPSA) is 58.4 Å². The van der Waals surface area contributed by atoms with Gasteiger partial charge in [0, 0.05) is 11.6 Å². The van der Waals surface area contributed by atoms with Crippen molar-refractivity contribution in [2.24, 2.45) is 0 Å². The van der Waals surface area contributed by atoms with Gasteiger partial charge in [0.1, 0.15) is 12.2 Å². The van der Waals surface area contributed by atoms with Crippen LogP contribution in [-0.2, 0) is 17.8 Å². The fourth-order valence-electron chi connectivity index (χ4n) is 2.22. The largest absolute Gasteiger partial charge is 0.481 e. The van der Waals surface area contributed by atoms with Crippen LogP contribution < -0.4 is 0 Å². The maximum Gasteiger partial charge on any atom is 0.311 e. The molecule has 20 heavy (non-hydrogen) atoms. The molecule has 0 atom stereocenters. The molecule has 0 fully saturated rings. The maximum absolute atomic E-state index is 11.0. The molecule has 0 spiro atoms. The number of nitrogens with zero attached hydrogens (tertiary/aromatic N) is 3. The number of carboxylic acid groups (broad SMARTS) is 1. The van der Waals surface area contributed by atoms with E-state index in [0.717, 1.165) is 30.5 Å². The van der Waals surface area contributed by atoms with Crippen LogP contribution in [0.5, 0.6) is 0 Å². The van der Waals surface area contributed by atoms with Gasteiger partial charge >= 0.3 is 5.97 Å². The summed E-state index contributed by atoms with van der Waals surface area (Å²) in [6.07, 6.45) is 0.863. The quantitative estimate of drug-likeness (QED) is 0.888. The number of fused-ring (bicyclic) bond motifs is 1. The second-order valence-corrected chi connectivity index (χ2v) is 5.48. The van der Waals surface area contributed by atoms with E-state index in [1.54, 1.807) is 12.1 Å². The van der Waals surface area contributed by atoms with Gasteiger partial charge in [-0.05, 0) is 45.3 Å². The molecule has 0 saturated carbocycles. The van der Waals surface area contributed by atoms with E-state index in [2.05, 4.69) is 9.88 Å². The summed E-state index contributed by atoms with van der Waals surface area (Å²) >= 11 is 5.96. The molecule has 0 unspecified atom stereocenters. The van der Waals surface area contributed by atoms with Crippen LogP contribution in [0.15, 0.2) is 18.2 Å². The van der Waals surface area contributed by atoms with Crippen molar-refractivity contribution in [2.75, 3.05) is 20.6 Å². The molecular weight excluding hydrogens is 278 g/mol. The number of benzene rings is 1. The van der Waals surface area contributed by atoms with Crippen LogP contribution in [0.1, 0.15) is 12.2 Å². The maximum atomic E-state index is 11.0. The number of imidazole rings is 1. The SMILES string of the molecule is CN(C)CCCn1c(CC(=O)O)nc2cc(Cl)ccc21. The average Bonchev–Trinajstić information content (AvgIpc) is 2.65. The molecule has 0 bridgehead atoms. The fraction of sp³-hybridized carbons (Fsp3) is 0.429. The minimum Gasteiger partial charge on any atom is -0.481 e. The summed E-state index contributed by atoms with van der Waals surface area (Å²) in [6, 6.07) is 5.47. The smallest absolute Gasteiger partial charge is 0.311 e. The summed E-state index contributed by atoms with van der Waals surface area (Å²) in [5.74, 6) is -0.297. The first kappa shape index (κ1) is 14.8. The van der Waals surface area contributed by atoms with Gasteiger partial charge in [0.05, 0.1) is 11.0 Å². The summed E-state index contributed by atoms with van der Waals surface area (Å²) < 4.78 is 1.98. The minimum absolute atomic E-state index is 0.0751. The number of aromatic nitrogens is 2. The van der Waals surface area contributed by atoms with Crippen molar-refractivity contribution in [3.05, 3.63) is 29.0 Å². The molecule has 2 aromatic rings. The Morgan fingerprint density at radius 3 is 2.85 bits per heavy atom. The van der Waals surface area contributed by atoms with Crippen LogP contribution in [0.4, 0.5) is 0 Å². The van der Waals surface area contributed by atoms with Gasteiger partial charge in [-0.3, -0.25) is 4.79 Å². The Kier molecular flexibility index (Phi) is 4.62. The lowest BCUT2D eigenvalue weighted by atomic mass is 10.3. The van der Waals surface area contributed by atoms with Gasteiger partial charge < -0.3 is 14.6 Å². The van der Waals surface area contributed by atoms with Crippen LogP contribution in [0.3, 0.4) is 0 Å². The predicted octanol–water partition coefficient (Wildman–Crippen LogP) is 2.27. The lowest BCUT2D eigenvalue weighted by Gasteiger charge is -2.11.